The molecule has 0 saturated heterocycles. The van der Waals surface area contributed by atoms with Crippen molar-refractivity contribution >= 4 is 28.4 Å². The van der Waals surface area contributed by atoms with E-state index in [4.69, 9.17) is 22.9 Å². The summed E-state index contributed by atoms with van der Waals surface area (Å²) in [6.07, 6.45) is 0. The van der Waals surface area contributed by atoms with Crippen LogP contribution in [-0.2, 0) is 0 Å². The minimum absolute atomic E-state index is 0.451. The van der Waals surface area contributed by atoms with E-state index >= 15 is 0 Å². The van der Waals surface area contributed by atoms with E-state index in [0.717, 1.165) is 5.56 Å². The van der Waals surface area contributed by atoms with Crippen molar-refractivity contribution < 1.29 is 0 Å². The second kappa shape index (κ2) is 2.93. The van der Waals surface area contributed by atoms with Crippen LogP contribution in [0, 0.1) is 6.92 Å². The predicted molar refractivity (Wildman–Crippen MR) is 58.4 cm³/mol. The molecule has 0 fully saturated rings. The van der Waals surface area contributed by atoms with Crippen LogP contribution in [-0.4, -0.2) is 7.05 Å². The van der Waals surface area contributed by atoms with Crippen molar-refractivity contribution in [1.29, 1.82) is 0 Å². The van der Waals surface area contributed by atoms with Crippen molar-refractivity contribution in [3.63, 3.8) is 0 Å². The van der Waals surface area contributed by atoms with Gasteiger partial charge in [-0.05, 0) is 12.5 Å². The van der Waals surface area contributed by atoms with E-state index in [0.29, 0.717) is 28.4 Å². The second-order valence-corrected chi connectivity index (χ2v) is 2.90. The largest absolute Gasteiger partial charge is 0.397 e. The fourth-order valence-electron chi connectivity index (χ4n) is 1.23. The first kappa shape index (κ1) is 9.31. The van der Waals surface area contributed by atoms with Crippen molar-refractivity contribution in [2.75, 3.05) is 35.3 Å². The third-order valence-corrected chi connectivity index (χ3v) is 2.18. The summed E-state index contributed by atoms with van der Waals surface area (Å²) >= 11 is 0. The van der Waals surface area contributed by atoms with Crippen LogP contribution in [0.1, 0.15) is 5.56 Å². The molecule has 0 saturated carbocycles. The number of anilines is 5. The van der Waals surface area contributed by atoms with Gasteiger partial charge in [0.25, 0.3) is 0 Å². The van der Waals surface area contributed by atoms with Crippen LogP contribution in [0.5, 0.6) is 0 Å². The minimum atomic E-state index is 0.451. The summed E-state index contributed by atoms with van der Waals surface area (Å²) in [5.74, 6) is 0. The number of hydrogen-bond acceptors (Lipinski definition) is 5. The first-order valence-electron chi connectivity index (χ1n) is 3.90. The molecule has 5 nitrogen and oxygen atoms in total. The highest BCUT2D eigenvalue weighted by molar-refractivity contribution is 5.97. The fourth-order valence-corrected chi connectivity index (χ4v) is 1.23. The van der Waals surface area contributed by atoms with Crippen molar-refractivity contribution in [3.8, 4) is 0 Å². The van der Waals surface area contributed by atoms with Gasteiger partial charge in [-0.25, -0.2) is 0 Å². The van der Waals surface area contributed by atoms with Gasteiger partial charge in [0, 0.05) is 7.05 Å². The Morgan fingerprint density at radius 1 is 0.846 bits per heavy atom. The quantitative estimate of drug-likeness (QED) is 0.401. The Kier molecular flexibility index (Phi) is 2.10. The number of nitrogens with two attached hydrogens (primary N) is 4. The molecule has 72 valence electrons. The average molecular weight is 181 g/mol. The van der Waals surface area contributed by atoms with Gasteiger partial charge in [0.1, 0.15) is 0 Å². The van der Waals surface area contributed by atoms with Crippen LogP contribution in [0.3, 0.4) is 0 Å². The zero-order valence-corrected chi connectivity index (χ0v) is 7.81. The zero-order chi connectivity index (χ0) is 10.2. The van der Waals surface area contributed by atoms with Gasteiger partial charge in [0.05, 0.1) is 28.4 Å². The number of nitrogens with one attached hydrogen (secondary N) is 1. The van der Waals surface area contributed by atoms with Gasteiger partial charge in [-0.15, -0.1) is 0 Å². The lowest BCUT2D eigenvalue weighted by atomic mass is 10.1. The number of hydrogen-bond donors (Lipinski definition) is 5. The maximum atomic E-state index is 5.74. The molecule has 5 heteroatoms. The van der Waals surface area contributed by atoms with Gasteiger partial charge >= 0.3 is 0 Å². The summed E-state index contributed by atoms with van der Waals surface area (Å²) in [5.41, 5.74) is 26.1. The molecule has 0 aliphatic rings. The lowest BCUT2D eigenvalue weighted by Gasteiger charge is -2.16. The van der Waals surface area contributed by atoms with E-state index in [2.05, 4.69) is 5.32 Å². The van der Waals surface area contributed by atoms with Crippen LogP contribution >= 0.6 is 0 Å². The van der Waals surface area contributed by atoms with Crippen LogP contribution in [0.25, 0.3) is 0 Å². The summed E-state index contributed by atoms with van der Waals surface area (Å²) in [6.45, 7) is 1.79. The highest BCUT2D eigenvalue weighted by Gasteiger charge is 2.13. The monoisotopic (exact) mass is 181 g/mol. The molecule has 0 amide bonds. The Balaban J connectivity index is 3.56. The molecule has 1 rings (SSSR count). The van der Waals surface area contributed by atoms with E-state index in [1.165, 1.54) is 0 Å². The molecule has 0 heterocycles. The standard InChI is InChI=1S/C8H15N5/c1-3-4(9)6(11)8(13-2)7(12)5(3)10/h13H,9-12H2,1-2H3. The van der Waals surface area contributed by atoms with Crippen molar-refractivity contribution in [1.82, 2.24) is 0 Å². The molecule has 0 atom stereocenters. The predicted octanol–water partition coefficient (Wildman–Crippen LogP) is 0.366. The number of benzene rings is 1. The molecule has 9 N–H and O–H groups in total. The van der Waals surface area contributed by atoms with Gasteiger partial charge in [-0.3, -0.25) is 0 Å². The summed E-state index contributed by atoms with van der Waals surface area (Å²) in [7, 11) is 1.72. The van der Waals surface area contributed by atoms with E-state index in [1.54, 1.807) is 14.0 Å². The summed E-state index contributed by atoms with van der Waals surface area (Å²) in [6, 6.07) is 0. The first-order valence-corrected chi connectivity index (χ1v) is 3.90. The van der Waals surface area contributed by atoms with Crippen LogP contribution in [0.2, 0.25) is 0 Å². The lowest BCUT2D eigenvalue weighted by Crippen LogP contribution is -2.09. The van der Waals surface area contributed by atoms with Crippen LogP contribution in [0.4, 0.5) is 28.4 Å². The number of nitrogen functional groups attached to an aromatic ring is 4. The van der Waals surface area contributed by atoms with Crippen molar-refractivity contribution in [3.05, 3.63) is 5.56 Å². The van der Waals surface area contributed by atoms with Crippen molar-refractivity contribution in [2.24, 2.45) is 0 Å². The van der Waals surface area contributed by atoms with Gasteiger partial charge in [-0.1, -0.05) is 0 Å². The van der Waals surface area contributed by atoms with Gasteiger partial charge in [0.15, 0.2) is 0 Å². The maximum Gasteiger partial charge on any atom is 0.0847 e. The molecule has 0 aliphatic carbocycles. The molecular formula is C8H15N5. The fraction of sp³-hybridized carbons (Fsp3) is 0.250. The second-order valence-electron chi connectivity index (χ2n) is 2.90. The van der Waals surface area contributed by atoms with Crippen molar-refractivity contribution in [2.45, 2.75) is 6.92 Å². The Morgan fingerprint density at radius 2 is 1.23 bits per heavy atom. The Morgan fingerprint density at radius 3 is 1.54 bits per heavy atom. The third kappa shape index (κ3) is 1.18. The van der Waals surface area contributed by atoms with Gasteiger partial charge in [0.2, 0.25) is 0 Å². The van der Waals surface area contributed by atoms with E-state index in [9.17, 15) is 0 Å². The molecule has 0 bridgehead atoms. The van der Waals surface area contributed by atoms with Crippen LogP contribution in [0.15, 0.2) is 0 Å². The summed E-state index contributed by atoms with van der Waals surface area (Å²) < 4.78 is 0. The first-order chi connectivity index (χ1) is 6.00. The summed E-state index contributed by atoms with van der Waals surface area (Å²) in [4.78, 5) is 0. The Bertz CT molecular complexity index is 316. The zero-order valence-electron chi connectivity index (χ0n) is 7.81. The van der Waals surface area contributed by atoms with Gasteiger partial charge < -0.3 is 28.3 Å². The van der Waals surface area contributed by atoms with Gasteiger partial charge in [-0.2, -0.15) is 0 Å². The normalized spacial score (nSPS) is 10.0. The molecule has 0 radical (unpaired) electrons. The topological polar surface area (TPSA) is 116 Å². The molecule has 0 spiro atoms. The Hall–Kier alpha value is -1.78. The van der Waals surface area contributed by atoms with E-state index < -0.39 is 0 Å². The molecular weight excluding hydrogens is 166 g/mol. The lowest BCUT2D eigenvalue weighted by molar-refractivity contribution is 1.44. The smallest absolute Gasteiger partial charge is 0.0847 e. The van der Waals surface area contributed by atoms with E-state index in [-0.39, 0.29) is 0 Å². The SMILES string of the molecule is CNc1c(N)c(N)c(C)c(N)c1N. The number of rotatable bonds is 1. The van der Waals surface area contributed by atoms with Crippen LogP contribution < -0.4 is 28.3 Å². The molecule has 13 heavy (non-hydrogen) atoms. The molecule has 0 aromatic heterocycles. The summed E-state index contributed by atoms with van der Waals surface area (Å²) in [5, 5.41) is 2.86. The molecule has 1 aromatic rings. The Labute approximate surface area is 77.1 Å². The third-order valence-electron chi connectivity index (χ3n) is 2.18. The average Bonchev–Trinajstić information content (AvgIpc) is 2.13. The molecule has 1 aromatic carbocycles. The van der Waals surface area contributed by atoms with E-state index in [1.807, 2.05) is 0 Å². The molecule has 0 aliphatic heterocycles. The highest BCUT2D eigenvalue weighted by atomic mass is 14.9. The minimum Gasteiger partial charge on any atom is -0.397 e. The maximum absolute atomic E-state index is 5.74. The molecule has 0 unspecified atom stereocenters. The highest BCUT2D eigenvalue weighted by Crippen LogP contribution is 2.39.